The van der Waals surface area contributed by atoms with Crippen LogP contribution in [-0.4, -0.2) is 43.1 Å². The van der Waals surface area contributed by atoms with Crippen molar-refractivity contribution in [2.24, 2.45) is 0 Å². The summed E-state index contributed by atoms with van der Waals surface area (Å²) in [6.07, 6.45) is 8.10. The van der Waals surface area contributed by atoms with E-state index in [1.807, 2.05) is 49.1 Å². The monoisotopic (exact) mass is 457 g/mol. The fraction of sp³-hybridized carbons (Fsp3) is 0.300. The van der Waals surface area contributed by atoms with Crippen molar-refractivity contribution >= 4 is 33.0 Å². The van der Waals surface area contributed by atoms with Crippen molar-refractivity contribution < 1.29 is 4.74 Å². The van der Waals surface area contributed by atoms with Crippen LogP contribution in [-0.2, 0) is 6.54 Å². The smallest absolute Gasteiger partial charge is 0.225 e. The van der Waals surface area contributed by atoms with Crippen molar-refractivity contribution in [1.82, 2.24) is 29.5 Å². The zero-order valence-corrected chi connectivity index (χ0v) is 18.3. The molecule has 0 aliphatic rings. The van der Waals surface area contributed by atoms with Crippen LogP contribution in [0.3, 0.4) is 0 Å². The standard InChI is InChI=1S/C18H18BrN7O.C2H6/c1-27-14-4-3-12(9-13(14)19)15-16-17(23-10-22-16)25-18(24-15)21-5-2-7-26-8-6-20-11-26;1-2/h3-4,6,8-11H,2,5,7H2,1H3,(H2,21,22,23,24,25);1-2H3. The van der Waals surface area contributed by atoms with Gasteiger partial charge in [-0.05, 0) is 40.5 Å². The Bertz CT molecular complexity index is 1050. The van der Waals surface area contributed by atoms with Crippen LogP contribution in [0.2, 0.25) is 0 Å². The molecule has 8 nitrogen and oxygen atoms in total. The lowest BCUT2D eigenvalue weighted by Crippen LogP contribution is -2.09. The minimum atomic E-state index is 0.558. The maximum atomic E-state index is 5.31. The van der Waals surface area contributed by atoms with Gasteiger partial charge in [0, 0.05) is 31.0 Å². The lowest BCUT2D eigenvalue weighted by molar-refractivity contribution is 0.412. The predicted molar refractivity (Wildman–Crippen MR) is 118 cm³/mol. The van der Waals surface area contributed by atoms with E-state index in [0.29, 0.717) is 11.6 Å². The van der Waals surface area contributed by atoms with E-state index in [2.05, 4.69) is 41.2 Å². The van der Waals surface area contributed by atoms with Gasteiger partial charge in [-0.3, -0.25) is 0 Å². The molecule has 3 heterocycles. The number of fused-ring (bicyclic) bond motifs is 1. The molecule has 4 aromatic rings. The van der Waals surface area contributed by atoms with E-state index in [1.54, 1.807) is 19.6 Å². The summed E-state index contributed by atoms with van der Waals surface area (Å²) in [6.45, 7) is 5.63. The molecule has 29 heavy (non-hydrogen) atoms. The molecular formula is C20H24BrN7O. The average Bonchev–Trinajstić information content (AvgIpc) is 3.44. The SMILES string of the molecule is CC.COc1ccc(-c2nc(NCCCn3ccnc3)nc3nc[nH]c23)cc1Br. The summed E-state index contributed by atoms with van der Waals surface area (Å²) in [7, 11) is 1.64. The number of imidazole rings is 2. The second-order valence-corrected chi connectivity index (χ2v) is 6.78. The number of benzene rings is 1. The van der Waals surface area contributed by atoms with Gasteiger partial charge in [0.2, 0.25) is 5.95 Å². The highest BCUT2D eigenvalue weighted by molar-refractivity contribution is 9.10. The quantitative estimate of drug-likeness (QED) is 0.396. The van der Waals surface area contributed by atoms with Crippen LogP contribution in [0.1, 0.15) is 20.3 Å². The van der Waals surface area contributed by atoms with Crippen LogP contribution in [0.5, 0.6) is 5.75 Å². The number of nitrogens with one attached hydrogen (secondary N) is 2. The number of aromatic amines is 1. The van der Waals surface area contributed by atoms with Gasteiger partial charge < -0.3 is 19.6 Å². The number of ether oxygens (including phenoxy) is 1. The Morgan fingerprint density at radius 2 is 2.10 bits per heavy atom. The highest BCUT2D eigenvalue weighted by atomic mass is 79.9. The summed E-state index contributed by atoms with van der Waals surface area (Å²) >= 11 is 3.53. The molecule has 0 amide bonds. The molecule has 0 saturated carbocycles. The van der Waals surface area contributed by atoms with Crippen molar-refractivity contribution in [2.75, 3.05) is 19.0 Å². The Morgan fingerprint density at radius 3 is 2.83 bits per heavy atom. The number of aryl methyl sites for hydroxylation is 1. The summed E-state index contributed by atoms with van der Waals surface area (Å²) < 4.78 is 8.22. The molecular weight excluding hydrogens is 434 g/mol. The van der Waals surface area contributed by atoms with Crippen LogP contribution in [0.15, 0.2) is 47.7 Å². The van der Waals surface area contributed by atoms with Crippen molar-refractivity contribution in [3.63, 3.8) is 0 Å². The van der Waals surface area contributed by atoms with Crippen molar-refractivity contribution in [3.05, 3.63) is 47.7 Å². The molecule has 9 heteroatoms. The number of anilines is 1. The van der Waals surface area contributed by atoms with E-state index < -0.39 is 0 Å². The fourth-order valence-corrected chi connectivity index (χ4v) is 3.36. The van der Waals surface area contributed by atoms with Crippen LogP contribution >= 0.6 is 15.9 Å². The molecule has 2 N–H and O–H groups in total. The van der Waals surface area contributed by atoms with Crippen molar-refractivity contribution in [3.8, 4) is 17.0 Å². The Kier molecular flexibility index (Phi) is 7.18. The molecule has 3 aromatic heterocycles. The molecule has 0 saturated heterocycles. The van der Waals surface area contributed by atoms with E-state index in [9.17, 15) is 0 Å². The van der Waals surface area contributed by atoms with Crippen LogP contribution in [0.25, 0.3) is 22.4 Å². The first-order valence-electron chi connectivity index (χ1n) is 9.49. The predicted octanol–water partition coefficient (Wildman–Crippen LogP) is 4.52. The lowest BCUT2D eigenvalue weighted by atomic mass is 10.1. The molecule has 1 aromatic carbocycles. The highest BCUT2D eigenvalue weighted by Gasteiger charge is 2.13. The first kappa shape index (κ1) is 20.8. The van der Waals surface area contributed by atoms with E-state index in [0.717, 1.165) is 46.5 Å². The van der Waals surface area contributed by atoms with Crippen LogP contribution < -0.4 is 10.1 Å². The van der Waals surface area contributed by atoms with Gasteiger partial charge in [0.15, 0.2) is 5.65 Å². The van der Waals surface area contributed by atoms with Crippen LogP contribution in [0, 0.1) is 0 Å². The normalized spacial score (nSPS) is 10.5. The first-order chi connectivity index (χ1) is 14.2. The molecule has 152 valence electrons. The summed E-state index contributed by atoms with van der Waals surface area (Å²) in [5, 5.41) is 3.29. The van der Waals surface area contributed by atoms with Gasteiger partial charge in [-0.25, -0.2) is 15.0 Å². The number of halogens is 1. The summed E-state index contributed by atoms with van der Waals surface area (Å²) in [5.41, 5.74) is 3.17. The number of hydrogen-bond donors (Lipinski definition) is 2. The zero-order chi connectivity index (χ0) is 20.6. The Balaban J connectivity index is 0.00000117. The minimum absolute atomic E-state index is 0.558. The third-order valence-corrected chi connectivity index (χ3v) is 4.77. The zero-order valence-electron chi connectivity index (χ0n) is 16.7. The van der Waals surface area contributed by atoms with Gasteiger partial charge in [-0.15, -0.1) is 0 Å². The van der Waals surface area contributed by atoms with Crippen LogP contribution in [0.4, 0.5) is 5.95 Å². The van der Waals surface area contributed by atoms with Gasteiger partial charge in [0.1, 0.15) is 17.0 Å². The number of rotatable bonds is 7. The summed E-state index contributed by atoms with van der Waals surface area (Å²) in [4.78, 5) is 20.7. The Labute approximate surface area is 177 Å². The molecule has 4 rings (SSSR count). The van der Waals surface area contributed by atoms with Gasteiger partial charge in [-0.1, -0.05) is 13.8 Å². The number of aromatic nitrogens is 6. The third-order valence-electron chi connectivity index (χ3n) is 4.15. The van der Waals surface area contributed by atoms with E-state index in [1.165, 1.54) is 0 Å². The Hall–Kier alpha value is -2.94. The topological polar surface area (TPSA) is 93.5 Å². The Morgan fingerprint density at radius 1 is 1.24 bits per heavy atom. The summed E-state index contributed by atoms with van der Waals surface area (Å²) in [6, 6.07) is 5.85. The molecule has 0 aliphatic carbocycles. The van der Waals surface area contributed by atoms with Gasteiger partial charge >= 0.3 is 0 Å². The maximum absolute atomic E-state index is 5.31. The maximum Gasteiger partial charge on any atom is 0.225 e. The second-order valence-electron chi connectivity index (χ2n) is 5.93. The number of H-pyrrole nitrogens is 1. The molecule has 0 fully saturated rings. The van der Waals surface area contributed by atoms with E-state index >= 15 is 0 Å². The minimum Gasteiger partial charge on any atom is -0.496 e. The largest absolute Gasteiger partial charge is 0.496 e. The molecule has 0 bridgehead atoms. The lowest BCUT2D eigenvalue weighted by Gasteiger charge is -2.10. The second kappa shape index (κ2) is 10.0. The number of methoxy groups -OCH3 is 1. The van der Waals surface area contributed by atoms with Gasteiger partial charge in [-0.2, -0.15) is 4.98 Å². The van der Waals surface area contributed by atoms with Crippen molar-refractivity contribution in [1.29, 1.82) is 0 Å². The highest BCUT2D eigenvalue weighted by Crippen LogP contribution is 2.32. The molecule has 0 aliphatic heterocycles. The van der Waals surface area contributed by atoms with Crippen molar-refractivity contribution in [2.45, 2.75) is 26.8 Å². The average molecular weight is 458 g/mol. The fourth-order valence-electron chi connectivity index (χ4n) is 2.82. The molecule has 0 spiro atoms. The van der Waals surface area contributed by atoms with Gasteiger partial charge in [0.25, 0.3) is 0 Å². The summed E-state index contributed by atoms with van der Waals surface area (Å²) in [5.74, 6) is 1.33. The molecule has 0 unspecified atom stereocenters. The van der Waals surface area contributed by atoms with E-state index in [-0.39, 0.29) is 0 Å². The number of hydrogen-bond acceptors (Lipinski definition) is 6. The molecule has 0 radical (unpaired) electrons. The molecule has 0 atom stereocenters. The van der Waals surface area contributed by atoms with Gasteiger partial charge in [0.05, 0.1) is 24.2 Å². The number of nitrogens with zero attached hydrogens (tertiary/aromatic N) is 5. The third kappa shape index (κ3) is 4.92. The first-order valence-corrected chi connectivity index (χ1v) is 10.3. The van der Waals surface area contributed by atoms with E-state index in [4.69, 9.17) is 9.72 Å².